The smallest absolute Gasteiger partial charge is 0.0551 e. The Balaban J connectivity index is 1.95. The van der Waals surface area contributed by atoms with Crippen LogP contribution in [0.5, 0.6) is 0 Å². The molecular formula is C12H18BrNOS. The minimum Gasteiger partial charge on any atom is -0.378 e. The highest BCUT2D eigenvalue weighted by Gasteiger charge is 2.28. The summed E-state index contributed by atoms with van der Waals surface area (Å²) >= 11 is 5.33. The fourth-order valence-corrected chi connectivity index (χ4v) is 3.82. The van der Waals surface area contributed by atoms with Gasteiger partial charge in [-0.2, -0.15) is 0 Å². The zero-order valence-corrected chi connectivity index (χ0v) is 12.1. The standard InChI is InChI=1S/C12H18BrNOS/c1-8-3-9(6-15-8)12(14-2)5-11-4-10(13)7-16-11/h4,7-9,12,14H,3,5-6H2,1-2H3. The van der Waals surface area contributed by atoms with Gasteiger partial charge in [-0.3, -0.25) is 0 Å². The van der Waals surface area contributed by atoms with Crippen LogP contribution in [0, 0.1) is 5.92 Å². The first-order chi connectivity index (χ1) is 7.69. The van der Waals surface area contributed by atoms with Crippen LogP contribution in [-0.4, -0.2) is 25.8 Å². The monoisotopic (exact) mass is 303 g/mol. The zero-order valence-electron chi connectivity index (χ0n) is 9.70. The Kier molecular flexibility index (Phi) is 4.41. The van der Waals surface area contributed by atoms with Crippen molar-refractivity contribution in [3.05, 3.63) is 20.8 Å². The highest BCUT2D eigenvalue weighted by Crippen LogP contribution is 2.27. The quantitative estimate of drug-likeness (QED) is 0.923. The molecule has 1 aromatic rings. The van der Waals surface area contributed by atoms with Crippen molar-refractivity contribution in [3.63, 3.8) is 0 Å². The van der Waals surface area contributed by atoms with Gasteiger partial charge in [0.1, 0.15) is 0 Å². The summed E-state index contributed by atoms with van der Waals surface area (Å²) in [6.07, 6.45) is 2.71. The van der Waals surface area contributed by atoms with Crippen molar-refractivity contribution in [1.29, 1.82) is 0 Å². The predicted molar refractivity (Wildman–Crippen MR) is 72.1 cm³/mol. The fourth-order valence-electron chi connectivity index (χ4n) is 2.31. The SMILES string of the molecule is CNC(Cc1cc(Br)cs1)C1COC(C)C1. The molecule has 1 aromatic heterocycles. The Labute approximate surface area is 110 Å². The topological polar surface area (TPSA) is 21.3 Å². The van der Waals surface area contributed by atoms with Crippen molar-refractivity contribution in [3.8, 4) is 0 Å². The van der Waals surface area contributed by atoms with E-state index in [0.29, 0.717) is 18.1 Å². The molecule has 0 aliphatic carbocycles. The van der Waals surface area contributed by atoms with E-state index in [0.717, 1.165) is 13.0 Å². The Bertz CT molecular complexity index is 342. The van der Waals surface area contributed by atoms with E-state index < -0.39 is 0 Å². The fraction of sp³-hybridized carbons (Fsp3) is 0.667. The third-order valence-electron chi connectivity index (χ3n) is 3.21. The predicted octanol–water partition coefficient (Wildman–Crippen LogP) is 3.07. The van der Waals surface area contributed by atoms with E-state index >= 15 is 0 Å². The molecular weight excluding hydrogens is 286 g/mol. The molecule has 1 fully saturated rings. The van der Waals surface area contributed by atoms with Crippen LogP contribution < -0.4 is 5.32 Å². The van der Waals surface area contributed by atoms with Crippen LogP contribution in [-0.2, 0) is 11.2 Å². The van der Waals surface area contributed by atoms with E-state index in [1.807, 2.05) is 11.3 Å². The molecule has 0 bridgehead atoms. The second kappa shape index (κ2) is 5.63. The van der Waals surface area contributed by atoms with Crippen molar-refractivity contribution in [2.75, 3.05) is 13.7 Å². The minimum absolute atomic E-state index is 0.427. The lowest BCUT2D eigenvalue weighted by atomic mass is 9.94. The van der Waals surface area contributed by atoms with Crippen LogP contribution >= 0.6 is 27.3 Å². The lowest BCUT2D eigenvalue weighted by Crippen LogP contribution is -2.35. The second-order valence-corrected chi connectivity index (χ2v) is 6.38. The van der Waals surface area contributed by atoms with Crippen molar-refractivity contribution in [1.82, 2.24) is 5.32 Å². The highest BCUT2D eigenvalue weighted by atomic mass is 79.9. The number of nitrogens with one attached hydrogen (secondary N) is 1. The summed E-state index contributed by atoms with van der Waals surface area (Å²) in [5.41, 5.74) is 0. The van der Waals surface area contributed by atoms with Gasteiger partial charge in [-0.15, -0.1) is 11.3 Å². The molecule has 0 saturated carbocycles. The van der Waals surface area contributed by atoms with Gasteiger partial charge < -0.3 is 10.1 Å². The second-order valence-electron chi connectivity index (χ2n) is 4.47. The Morgan fingerprint density at radius 2 is 2.50 bits per heavy atom. The lowest BCUT2D eigenvalue weighted by Gasteiger charge is -2.21. The van der Waals surface area contributed by atoms with Gasteiger partial charge in [0, 0.05) is 26.7 Å². The van der Waals surface area contributed by atoms with Gasteiger partial charge in [-0.05, 0) is 48.8 Å². The third kappa shape index (κ3) is 3.06. The molecule has 0 amide bonds. The van der Waals surface area contributed by atoms with Crippen molar-refractivity contribution < 1.29 is 4.74 Å². The molecule has 4 heteroatoms. The maximum atomic E-state index is 5.65. The summed E-state index contributed by atoms with van der Waals surface area (Å²) in [6.45, 7) is 3.06. The van der Waals surface area contributed by atoms with Gasteiger partial charge in [0.25, 0.3) is 0 Å². The molecule has 16 heavy (non-hydrogen) atoms. The summed E-state index contributed by atoms with van der Waals surface area (Å²) in [5, 5.41) is 5.58. The van der Waals surface area contributed by atoms with Crippen molar-refractivity contribution in [2.24, 2.45) is 5.92 Å². The maximum absolute atomic E-state index is 5.65. The summed E-state index contributed by atoms with van der Waals surface area (Å²) in [7, 11) is 2.05. The summed E-state index contributed by atoms with van der Waals surface area (Å²) < 4.78 is 6.84. The van der Waals surface area contributed by atoms with Crippen LogP contribution in [0.1, 0.15) is 18.2 Å². The third-order valence-corrected chi connectivity index (χ3v) is 4.93. The molecule has 1 N–H and O–H groups in total. The van der Waals surface area contributed by atoms with Crippen LogP contribution in [0.15, 0.2) is 15.9 Å². The van der Waals surface area contributed by atoms with Crippen LogP contribution in [0.3, 0.4) is 0 Å². The van der Waals surface area contributed by atoms with Gasteiger partial charge in [0.2, 0.25) is 0 Å². The van der Waals surface area contributed by atoms with E-state index in [-0.39, 0.29) is 0 Å². The van der Waals surface area contributed by atoms with E-state index in [4.69, 9.17) is 4.74 Å². The van der Waals surface area contributed by atoms with Gasteiger partial charge in [-0.1, -0.05) is 0 Å². The summed E-state index contributed by atoms with van der Waals surface area (Å²) in [5.74, 6) is 0.654. The van der Waals surface area contributed by atoms with Crippen molar-refractivity contribution >= 4 is 27.3 Å². The number of hydrogen-bond donors (Lipinski definition) is 1. The number of likely N-dealkylation sites (N-methyl/N-ethyl adjacent to an activating group) is 1. The number of halogens is 1. The van der Waals surface area contributed by atoms with Crippen LogP contribution in [0.25, 0.3) is 0 Å². The average molecular weight is 304 g/mol. The van der Waals surface area contributed by atoms with Crippen LogP contribution in [0.4, 0.5) is 0 Å². The molecule has 3 unspecified atom stereocenters. The molecule has 1 aliphatic heterocycles. The van der Waals surface area contributed by atoms with Crippen LogP contribution in [0.2, 0.25) is 0 Å². The number of hydrogen-bond acceptors (Lipinski definition) is 3. The van der Waals surface area contributed by atoms with Gasteiger partial charge >= 0.3 is 0 Å². The first-order valence-electron chi connectivity index (χ1n) is 5.71. The average Bonchev–Trinajstić information content (AvgIpc) is 2.84. The van der Waals surface area contributed by atoms with Gasteiger partial charge in [0.05, 0.1) is 12.7 Å². The largest absolute Gasteiger partial charge is 0.378 e. The molecule has 90 valence electrons. The van der Waals surface area contributed by atoms with E-state index in [1.54, 1.807) is 0 Å². The molecule has 0 aromatic carbocycles. The Morgan fingerprint density at radius 1 is 1.69 bits per heavy atom. The first kappa shape index (κ1) is 12.6. The normalized spacial score (nSPS) is 27.2. The molecule has 1 saturated heterocycles. The van der Waals surface area contributed by atoms with E-state index in [1.165, 1.54) is 15.8 Å². The van der Waals surface area contributed by atoms with E-state index in [2.05, 4.69) is 46.7 Å². The maximum Gasteiger partial charge on any atom is 0.0551 e. The van der Waals surface area contributed by atoms with Gasteiger partial charge in [-0.25, -0.2) is 0 Å². The molecule has 2 heterocycles. The minimum atomic E-state index is 0.427. The Morgan fingerprint density at radius 3 is 3.00 bits per heavy atom. The first-order valence-corrected chi connectivity index (χ1v) is 7.38. The zero-order chi connectivity index (χ0) is 11.5. The molecule has 2 rings (SSSR count). The van der Waals surface area contributed by atoms with E-state index in [9.17, 15) is 0 Å². The summed E-state index contributed by atoms with van der Waals surface area (Å²) in [4.78, 5) is 1.44. The molecule has 2 nitrogen and oxygen atoms in total. The lowest BCUT2D eigenvalue weighted by molar-refractivity contribution is 0.117. The number of thiophene rings is 1. The molecule has 0 spiro atoms. The molecule has 1 aliphatic rings. The number of ether oxygens (including phenoxy) is 1. The summed E-state index contributed by atoms with van der Waals surface area (Å²) in [6, 6.07) is 2.75. The number of rotatable bonds is 4. The highest BCUT2D eigenvalue weighted by molar-refractivity contribution is 9.10. The van der Waals surface area contributed by atoms with Gasteiger partial charge in [0.15, 0.2) is 0 Å². The van der Waals surface area contributed by atoms with Crippen molar-refractivity contribution in [2.45, 2.75) is 31.9 Å². The molecule has 0 radical (unpaired) electrons. The molecule has 3 atom stereocenters. The Hall–Kier alpha value is 0.1000.